The van der Waals surface area contributed by atoms with Gasteiger partial charge in [-0.3, -0.25) is 0 Å². The monoisotopic (exact) mass is 238 g/mol. The minimum Gasteiger partial charge on any atom is -1.00 e. The van der Waals surface area contributed by atoms with Crippen LogP contribution in [0.15, 0.2) is 48.5 Å². The topological polar surface area (TPSA) is 0 Å². The summed E-state index contributed by atoms with van der Waals surface area (Å²) in [6.45, 7) is 4.42. The molecule has 0 atom stereocenters. The number of rotatable bonds is 0. The Labute approximate surface area is 126 Å². The van der Waals surface area contributed by atoms with Gasteiger partial charge < -0.3 is 1.43 Å². The van der Waals surface area contributed by atoms with E-state index >= 15 is 0 Å². The van der Waals surface area contributed by atoms with Crippen molar-refractivity contribution in [2.24, 2.45) is 0 Å². The van der Waals surface area contributed by atoms with Gasteiger partial charge in [-0.15, -0.1) is 0 Å². The Morgan fingerprint density at radius 1 is 0.737 bits per heavy atom. The van der Waals surface area contributed by atoms with Crippen LogP contribution >= 0.6 is 0 Å². The van der Waals surface area contributed by atoms with Gasteiger partial charge in [0.25, 0.3) is 0 Å². The summed E-state index contributed by atoms with van der Waals surface area (Å²) in [6, 6.07) is 17.9. The fourth-order valence-electron chi connectivity index (χ4n) is 3.10. The van der Waals surface area contributed by atoms with E-state index in [1.54, 1.807) is 0 Å². The van der Waals surface area contributed by atoms with E-state index in [9.17, 15) is 0 Å². The smallest absolute Gasteiger partial charge is 1.00 e. The predicted molar refractivity (Wildman–Crippen MR) is 80.7 cm³/mol. The summed E-state index contributed by atoms with van der Waals surface area (Å²) in [5.41, 5.74) is 2.78. The van der Waals surface area contributed by atoms with Gasteiger partial charge in [-0.2, -0.15) is 0 Å². The minimum atomic E-state index is 0. The van der Waals surface area contributed by atoms with E-state index < -0.39 is 0 Å². The van der Waals surface area contributed by atoms with Crippen LogP contribution in [0.5, 0.6) is 0 Å². The van der Waals surface area contributed by atoms with Crippen LogP contribution in [-0.4, -0.2) is 0 Å². The molecule has 88 valence electrons. The van der Waals surface area contributed by atoms with Crippen LogP contribution in [-0.2, 0) is 0 Å². The van der Waals surface area contributed by atoms with Crippen molar-refractivity contribution >= 4 is 32.3 Å². The summed E-state index contributed by atoms with van der Waals surface area (Å²) in [7, 11) is 0. The average Bonchev–Trinajstić information content (AvgIpc) is 2.40. The number of hydrogen-bond acceptors (Lipinski definition) is 0. The molecule has 0 aliphatic rings. The molecule has 0 bridgehead atoms. The van der Waals surface area contributed by atoms with Crippen LogP contribution in [0.25, 0.3) is 32.3 Å². The molecule has 0 aromatic heterocycles. The van der Waals surface area contributed by atoms with Crippen molar-refractivity contribution in [3.05, 3.63) is 59.7 Å². The van der Waals surface area contributed by atoms with E-state index in [0.717, 1.165) is 0 Å². The zero-order valence-corrected chi connectivity index (χ0v) is 11.6. The van der Waals surface area contributed by atoms with Gasteiger partial charge in [-0.25, -0.2) is 0 Å². The van der Waals surface area contributed by atoms with E-state index in [4.69, 9.17) is 0 Å². The van der Waals surface area contributed by atoms with Gasteiger partial charge >= 0.3 is 18.9 Å². The number of benzene rings is 4. The molecule has 0 aliphatic carbocycles. The van der Waals surface area contributed by atoms with Gasteiger partial charge in [0, 0.05) is 0 Å². The maximum atomic E-state index is 2.31. The van der Waals surface area contributed by atoms with Gasteiger partial charge in [0.05, 0.1) is 0 Å². The van der Waals surface area contributed by atoms with Gasteiger partial charge in [0.15, 0.2) is 0 Å². The van der Waals surface area contributed by atoms with Crippen molar-refractivity contribution in [3.8, 4) is 0 Å². The molecule has 1 heteroatoms. The Bertz CT molecular complexity index is 880. The summed E-state index contributed by atoms with van der Waals surface area (Å²) >= 11 is 0. The molecule has 4 aromatic rings. The van der Waals surface area contributed by atoms with Gasteiger partial charge in [-0.05, 0) is 57.3 Å². The predicted octanol–water partition coefficient (Wildman–Crippen LogP) is 2.32. The second kappa shape index (κ2) is 4.27. The minimum absolute atomic E-state index is 0. The molecule has 0 spiro atoms. The first kappa shape index (κ1) is 12.5. The summed E-state index contributed by atoms with van der Waals surface area (Å²) in [5, 5.41) is 8.28. The second-order valence-corrected chi connectivity index (χ2v) is 5.17. The molecule has 0 N–H and O–H groups in total. The first-order valence-corrected chi connectivity index (χ1v) is 6.39. The SMILES string of the molecule is Cc1cc2ccc3cccc4ccc(c1C)c2c34.[H-].[Li+]. The van der Waals surface area contributed by atoms with E-state index in [1.807, 2.05) is 0 Å². The van der Waals surface area contributed by atoms with Crippen LogP contribution in [0, 0.1) is 13.8 Å². The molecular weight excluding hydrogens is 223 g/mol. The normalized spacial score (nSPS) is 11.3. The molecule has 0 nitrogen and oxygen atoms in total. The Hall–Kier alpha value is -1.48. The molecule has 19 heavy (non-hydrogen) atoms. The van der Waals surface area contributed by atoms with Gasteiger partial charge in [-0.1, -0.05) is 48.5 Å². The van der Waals surface area contributed by atoms with E-state index in [1.165, 1.54) is 43.4 Å². The molecule has 0 saturated carbocycles. The fourth-order valence-corrected chi connectivity index (χ4v) is 3.10. The maximum Gasteiger partial charge on any atom is 1.00 e. The molecule has 0 saturated heterocycles. The molecule has 0 fully saturated rings. The maximum absolute atomic E-state index is 2.31. The Morgan fingerprint density at radius 2 is 1.37 bits per heavy atom. The van der Waals surface area contributed by atoms with Gasteiger partial charge in [0.1, 0.15) is 0 Å². The standard InChI is InChI=1S/C18H14.Li.H/c1-11-10-15-7-6-13-4-3-5-14-8-9-16(12(11)2)18(15)17(13)14;;/h3-10H,1-2H3;;/q;+1;-1. The first-order valence-electron chi connectivity index (χ1n) is 6.39. The Balaban J connectivity index is 0.000000735. The van der Waals surface area contributed by atoms with Crippen LogP contribution < -0.4 is 18.9 Å². The Morgan fingerprint density at radius 3 is 2.11 bits per heavy atom. The quantitative estimate of drug-likeness (QED) is 0.326. The zero-order chi connectivity index (χ0) is 12.3. The van der Waals surface area contributed by atoms with Crippen molar-refractivity contribution in [2.75, 3.05) is 0 Å². The molecule has 4 rings (SSSR count). The summed E-state index contributed by atoms with van der Waals surface area (Å²) in [4.78, 5) is 0. The van der Waals surface area contributed by atoms with E-state index in [0.29, 0.717) is 0 Å². The Kier molecular flexibility index (Phi) is 2.82. The molecule has 0 amide bonds. The fraction of sp³-hybridized carbons (Fsp3) is 0.111. The van der Waals surface area contributed by atoms with Crippen molar-refractivity contribution in [1.29, 1.82) is 0 Å². The van der Waals surface area contributed by atoms with Crippen molar-refractivity contribution in [3.63, 3.8) is 0 Å². The van der Waals surface area contributed by atoms with Crippen molar-refractivity contribution < 1.29 is 20.3 Å². The molecule has 0 unspecified atom stereocenters. The average molecular weight is 238 g/mol. The first-order chi connectivity index (χ1) is 8.75. The molecule has 0 heterocycles. The van der Waals surface area contributed by atoms with E-state index in [2.05, 4.69) is 62.4 Å². The van der Waals surface area contributed by atoms with Gasteiger partial charge in [0.2, 0.25) is 0 Å². The zero-order valence-electron chi connectivity index (χ0n) is 12.6. The molecule has 4 aromatic carbocycles. The third kappa shape index (κ3) is 1.61. The van der Waals surface area contributed by atoms with Crippen LogP contribution in [0.1, 0.15) is 12.6 Å². The van der Waals surface area contributed by atoms with Crippen molar-refractivity contribution in [1.82, 2.24) is 0 Å². The summed E-state index contributed by atoms with van der Waals surface area (Å²) < 4.78 is 0. The third-order valence-corrected chi connectivity index (χ3v) is 4.18. The molecule has 0 aliphatic heterocycles. The summed E-state index contributed by atoms with van der Waals surface area (Å²) in [6.07, 6.45) is 0. The third-order valence-electron chi connectivity index (χ3n) is 4.18. The number of hydrogen-bond donors (Lipinski definition) is 0. The van der Waals surface area contributed by atoms with Crippen LogP contribution in [0.2, 0.25) is 0 Å². The van der Waals surface area contributed by atoms with Crippen LogP contribution in [0.4, 0.5) is 0 Å². The molecule has 0 radical (unpaired) electrons. The second-order valence-electron chi connectivity index (χ2n) is 5.17. The largest absolute Gasteiger partial charge is 1.00 e. The number of aryl methyl sites for hydroxylation is 2. The molecular formula is C18H15Li. The van der Waals surface area contributed by atoms with Crippen molar-refractivity contribution in [2.45, 2.75) is 13.8 Å². The summed E-state index contributed by atoms with van der Waals surface area (Å²) in [5.74, 6) is 0. The van der Waals surface area contributed by atoms with E-state index in [-0.39, 0.29) is 20.3 Å². The van der Waals surface area contributed by atoms with Crippen LogP contribution in [0.3, 0.4) is 0 Å².